The van der Waals surface area contributed by atoms with E-state index in [4.69, 9.17) is 16.3 Å². The number of nitrogens with two attached hydrogens (primary N) is 2. The number of hydrogen-bond donors (Lipinski definition) is 3. The van der Waals surface area contributed by atoms with Gasteiger partial charge in [0.25, 0.3) is 5.91 Å². The summed E-state index contributed by atoms with van der Waals surface area (Å²) in [5.74, 6) is 7.57. The van der Waals surface area contributed by atoms with Crippen molar-refractivity contribution in [2.45, 2.75) is 45.6 Å². The molecule has 1 aliphatic rings. The van der Waals surface area contributed by atoms with Gasteiger partial charge in [-0.05, 0) is 49.4 Å². The van der Waals surface area contributed by atoms with Gasteiger partial charge in [0, 0.05) is 6.54 Å². The third kappa shape index (κ3) is 6.65. The molecule has 1 fully saturated rings. The largest absolute Gasteiger partial charge is 0.497 e. The summed E-state index contributed by atoms with van der Waals surface area (Å²) in [6.07, 6.45) is 6.07. The summed E-state index contributed by atoms with van der Waals surface area (Å²) in [5.41, 5.74) is 7.64. The second-order valence-electron chi connectivity index (χ2n) is 7.83. The van der Waals surface area contributed by atoms with Crippen molar-refractivity contribution >= 4 is 11.7 Å². The molecule has 0 bridgehead atoms. The molecule has 1 aromatic carbocycles. The molecular formula is C22H31N7O2. The van der Waals surface area contributed by atoms with Crippen LogP contribution < -0.4 is 21.6 Å². The fraction of sp³-hybridized carbons (Fsp3) is 0.455. The van der Waals surface area contributed by atoms with E-state index >= 15 is 0 Å². The molecule has 0 saturated heterocycles. The highest BCUT2D eigenvalue weighted by atomic mass is 16.5. The zero-order valence-corrected chi connectivity index (χ0v) is 18.2. The first-order valence-electron chi connectivity index (χ1n) is 10.6. The number of hydrazine groups is 1. The number of rotatable bonds is 8. The minimum absolute atomic E-state index is 0.158. The number of aryl methyl sites for hydroxylation is 1. The van der Waals surface area contributed by atoms with Crippen LogP contribution in [0.3, 0.4) is 0 Å². The minimum Gasteiger partial charge on any atom is -0.497 e. The molecule has 5 N–H and O–H groups in total. The van der Waals surface area contributed by atoms with Crippen LogP contribution in [0.5, 0.6) is 5.75 Å². The number of hydrazone groups is 1. The van der Waals surface area contributed by atoms with Crippen LogP contribution in [-0.2, 0) is 6.54 Å². The van der Waals surface area contributed by atoms with Gasteiger partial charge in [0.2, 0.25) is 0 Å². The van der Waals surface area contributed by atoms with E-state index in [0.29, 0.717) is 30.5 Å². The molecule has 166 valence electrons. The van der Waals surface area contributed by atoms with E-state index in [-0.39, 0.29) is 17.4 Å². The van der Waals surface area contributed by atoms with Crippen molar-refractivity contribution < 1.29 is 9.53 Å². The van der Waals surface area contributed by atoms with Crippen molar-refractivity contribution in [3.05, 3.63) is 53.1 Å². The van der Waals surface area contributed by atoms with Crippen molar-refractivity contribution in [2.24, 2.45) is 22.6 Å². The highest BCUT2D eigenvalue weighted by Gasteiger charge is 2.17. The molecule has 1 aromatic heterocycles. The average molecular weight is 426 g/mol. The number of carbonyl (C=O) groups excluding carboxylic acids is 1. The Balaban J connectivity index is 1.65. The zero-order valence-electron chi connectivity index (χ0n) is 18.2. The fourth-order valence-electron chi connectivity index (χ4n) is 3.74. The van der Waals surface area contributed by atoms with Crippen molar-refractivity contribution in [3.8, 4) is 5.75 Å². The number of amidine groups is 1. The third-order valence-electron chi connectivity index (χ3n) is 5.33. The molecule has 0 radical (unpaired) electrons. The van der Waals surface area contributed by atoms with Crippen LogP contribution in [0, 0.1) is 12.8 Å². The first kappa shape index (κ1) is 22.5. The van der Waals surface area contributed by atoms with Gasteiger partial charge in [0.15, 0.2) is 5.84 Å². The molecule has 1 amide bonds. The summed E-state index contributed by atoms with van der Waals surface area (Å²) >= 11 is 0. The Morgan fingerprint density at radius 1 is 1.23 bits per heavy atom. The lowest BCUT2D eigenvalue weighted by Crippen LogP contribution is -2.35. The number of ether oxygens (including phenoxy) is 1. The van der Waals surface area contributed by atoms with E-state index in [2.05, 4.69) is 20.4 Å². The number of nitrogens with one attached hydrogen (secondary N) is 1. The van der Waals surface area contributed by atoms with Crippen LogP contribution in [0.25, 0.3) is 0 Å². The van der Waals surface area contributed by atoms with Gasteiger partial charge >= 0.3 is 0 Å². The number of hydrogen-bond acceptors (Lipinski definition) is 7. The van der Waals surface area contributed by atoms with Crippen molar-refractivity contribution in [3.63, 3.8) is 0 Å². The standard InChI is InChI=1S/C22H31N7O2/c1-15-26-19(21(23)28-29(24)14-16-7-4-3-5-8-16)12-20(27-15)22(30)25-13-17-9-6-10-18(11-17)31-2/h6,9-12,16H,3-5,7-8,13-14,24H2,1-2H3,(H2,23,28)(H,25,30). The van der Waals surface area contributed by atoms with Gasteiger partial charge in [-0.15, -0.1) is 5.10 Å². The second-order valence-corrected chi connectivity index (χ2v) is 7.83. The molecule has 0 atom stereocenters. The Morgan fingerprint density at radius 3 is 2.71 bits per heavy atom. The summed E-state index contributed by atoms with van der Waals surface area (Å²) in [7, 11) is 1.60. The van der Waals surface area contributed by atoms with Gasteiger partial charge in [-0.1, -0.05) is 31.4 Å². The van der Waals surface area contributed by atoms with E-state index < -0.39 is 0 Å². The summed E-state index contributed by atoms with van der Waals surface area (Å²) in [5, 5.41) is 8.50. The highest BCUT2D eigenvalue weighted by Crippen LogP contribution is 2.23. The van der Waals surface area contributed by atoms with Crippen LogP contribution >= 0.6 is 0 Å². The van der Waals surface area contributed by atoms with Gasteiger partial charge in [-0.3, -0.25) is 4.79 Å². The second kappa shape index (κ2) is 10.7. The summed E-state index contributed by atoms with van der Waals surface area (Å²) in [6, 6.07) is 9.02. The maximum Gasteiger partial charge on any atom is 0.270 e. The number of carbonyl (C=O) groups is 1. The Bertz CT molecular complexity index is 926. The lowest BCUT2D eigenvalue weighted by molar-refractivity contribution is 0.0945. The SMILES string of the molecule is COc1cccc(CNC(=O)c2cc(/C(N)=N/N(N)CC3CCCCC3)nc(C)n2)c1. The van der Waals surface area contributed by atoms with E-state index in [1.165, 1.54) is 30.4 Å². The molecule has 2 aromatic rings. The maximum absolute atomic E-state index is 12.6. The predicted molar refractivity (Wildman–Crippen MR) is 119 cm³/mol. The quantitative estimate of drug-likeness (QED) is 0.255. The number of methoxy groups -OCH3 is 1. The normalized spacial score (nSPS) is 14.9. The molecule has 31 heavy (non-hydrogen) atoms. The van der Waals surface area contributed by atoms with E-state index in [1.54, 1.807) is 14.0 Å². The van der Waals surface area contributed by atoms with Gasteiger partial charge in [0.05, 0.1) is 13.7 Å². The summed E-state index contributed by atoms with van der Waals surface area (Å²) < 4.78 is 5.21. The lowest BCUT2D eigenvalue weighted by atomic mass is 9.89. The third-order valence-corrected chi connectivity index (χ3v) is 5.33. The maximum atomic E-state index is 12.6. The monoisotopic (exact) mass is 425 g/mol. The smallest absolute Gasteiger partial charge is 0.270 e. The van der Waals surface area contributed by atoms with Gasteiger partial charge < -0.3 is 15.8 Å². The van der Waals surface area contributed by atoms with Crippen LogP contribution in [0.2, 0.25) is 0 Å². The highest BCUT2D eigenvalue weighted by molar-refractivity contribution is 5.99. The van der Waals surface area contributed by atoms with Gasteiger partial charge in [-0.25, -0.2) is 20.9 Å². The fourth-order valence-corrected chi connectivity index (χ4v) is 3.74. The van der Waals surface area contributed by atoms with Crippen molar-refractivity contribution in [1.82, 2.24) is 20.4 Å². The van der Waals surface area contributed by atoms with E-state index in [9.17, 15) is 4.79 Å². The Morgan fingerprint density at radius 2 is 1.97 bits per heavy atom. The number of benzene rings is 1. The lowest BCUT2D eigenvalue weighted by Gasteiger charge is -2.25. The van der Waals surface area contributed by atoms with Crippen molar-refractivity contribution in [2.75, 3.05) is 13.7 Å². The first-order chi connectivity index (χ1) is 14.9. The molecule has 1 aliphatic carbocycles. The molecule has 1 heterocycles. The average Bonchev–Trinajstić information content (AvgIpc) is 2.77. The Kier molecular flexibility index (Phi) is 7.77. The molecule has 3 rings (SSSR count). The molecular weight excluding hydrogens is 394 g/mol. The first-order valence-corrected chi connectivity index (χ1v) is 10.6. The van der Waals surface area contributed by atoms with E-state index in [0.717, 1.165) is 24.2 Å². The topological polar surface area (TPSA) is 132 Å². The van der Waals surface area contributed by atoms with Crippen LogP contribution in [-0.4, -0.2) is 40.5 Å². The summed E-state index contributed by atoms with van der Waals surface area (Å²) in [4.78, 5) is 21.2. The van der Waals surface area contributed by atoms with Crippen LogP contribution in [0.1, 0.15) is 59.7 Å². The van der Waals surface area contributed by atoms with E-state index in [1.807, 2.05) is 24.3 Å². The zero-order chi connectivity index (χ0) is 22.2. The van der Waals surface area contributed by atoms with Crippen molar-refractivity contribution in [1.29, 1.82) is 0 Å². The Labute approximate surface area is 182 Å². The molecule has 1 saturated carbocycles. The molecule has 0 spiro atoms. The summed E-state index contributed by atoms with van der Waals surface area (Å²) in [6.45, 7) is 2.70. The minimum atomic E-state index is -0.325. The Hall–Kier alpha value is -3.20. The molecule has 9 nitrogen and oxygen atoms in total. The number of nitrogens with zero attached hydrogens (tertiary/aromatic N) is 4. The van der Waals surface area contributed by atoms with Gasteiger partial charge in [-0.2, -0.15) is 0 Å². The molecule has 0 aliphatic heterocycles. The predicted octanol–water partition coefficient (Wildman–Crippen LogP) is 2.10. The molecule has 9 heteroatoms. The van der Waals surface area contributed by atoms with Crippen LogP contribution in [0.15, 0.2) is 35.4 Å². The molecule has 0 unspecified atom stereocenters. The number of aromatic nitrogens is 2. The number of amides is 1. The van der Waals surface area contributed by atoms with Crippen LogP contribution in [0.4, 0.5) is 0 Å². The van der Waals surface area contributed by atoms with Gasteiger partial charge in [0.1, 0.15) is 23.0 Å².